The lowest BCUT2D eigenvalue weighted by molar-refractivity contribution is -0.135. The molecule has 2 N–H and O–H groups in total. The molecule has 1 atom stereocenters. The van der Waals surface area contributed by atoms with Crippen molar-refractivity contribution in [2.45, 2.75) is 25.8 Å². The Bertz CT molecular complexity index is 946. The molecule has 0 aliphatic carbocycles. The van der Waals surface area contributed by atoms with Gasteiger partial charge in [-0.15, -0.1) is 0 Å². The number of nitrogens with zero attached hydrogens (tertiary/aromatic N) is 2. The lowest BCUT2D eigenvalue weighted by Gasteiger charge is -2.37. The van der Waals surface area contributed by atoms with E-state index in [0.29, 0.717) is 36.1 Å². The van der Waals surface area contributed by atoms with Gasteiger partial charge >= 0.3 is 0 Å². The van der Waals surface area contributed by atoms with Crippen molar-refractivity contribution in [3.05, 3.63) is 45.7 Å². The number of likely N-dealkylation sites (tertiary alicyclic amines) is 1. The van der Waals surface area contributed by atoms with Gasteiger partial charge in [0.15, 0.2) is 0 Å². The first-order valence-electron chi connectivity index (χ1n) is 9.49. The number of hydrogen-bond donors (Lipinski definition) is 2. The van der Waals surface area contributed by atoms with E-state index in [1.165, 1.54) is 6.07 Å². The van der Waals surface area contributed by atoms with Crippen molar-refractivity contribution < 1.29 is 9.59 Å². The molecule has 0 unspecified atom stereocenters. The van der Waals surface area contributed by atoms with Gasteiger partial charge < -0.3 is 20.1 Å². The van der Waals surface area contributed by atoms with Gasteiger partial charge in [0.05, 0.1) is 5.56 Å². The van der Waals surface area contributed by atoms with E-state index < -0.39 is 6.04 Å². The molecule has 4 rings (SSSR count). The van der Waals surface area contributed by atoms with Crippen LogP contribution >= 0.6 is 0 Å². The largest absolute Gasteiger partial charge is 0.341 e. The standard InChI is InChI=1S/C20H24N4O3/c1-13-4-5-16-14(10-13)15(11-18(25)22-16)19(26)24-9-6-21-12-17(24)20(27)23-7-2-3-8-23/h4-5,10-11,17,21H,2-3,6-9,12H2,1H3,(H,22,25)/t17-/m1/s1. The Kier molecular flexibility index (Phi) is 4.70. The first kappa shape index (κ1) is 17.7. The Morgan fingerprint density at radius 2 is 1.89 bits per heavy atom. The number of benzene rings is 1. The van der Waals surface area contributed by atoms with Crippen LogP contribution in [0.4, 0.5) is 0 Å². The average molecular weight is 368 g/mol. The molecule has 0 radical (unpaired) electrons. The van der Waals surface area contributed by atoms with Crippen molar-refractivity contribution >= 4 is 22.7 Å². The van der Waals surface area contributed by atoms with E-state index >= 15 is 0 Å². The molecule has 0 spiro atoms. The lowest BCUT2D eigenvalue weighted by atomic mass is 10.0. The quantitative estimate of drug-likeness (QED) is 0.824. The zero-order valence-electron chi connectivity index (χ0n) is 15.5. The van der Waals surface area contributed by atoms with Crippen LogP contribution in [0.1, 0.15) is 28.8 Å². The summed E-state index contributed by atoms with van der Waals surface area (Å²) in [5.41, 5.74) is 1.69. The number of nitrogens with one attached hydrogen (secondary N) is 2. The molecule has 7 nitrogen and oxygen atoms in total. The van der Waals surface area contributed by atoms with Crippen LogP contribution in [0.15, 0.2) is 29.1 Å². The van der Waals surface area contributed by atoms with Gasteiger partial charge in [-0.3, -0.25) is 14.4 Å². The van der Waals surface area contributed by atoms with Crippen LogP contribution < -0.4 is 10.9 Å². The molecule has 27 heavy (non-hydrogen) atoms. The predicted molar refractivity (Wildman–Crippen MR) is 103 cm³/mol. The molecule has 2 aliphatic heterocycles. The van der Waals surface area contributed by atoms with Crippen LogP contribution in [-0.4, -0.2) is 65.4 Å². The molecule has 2 aromatic rings. The third-order valence-corrected chi connectivity index (χ3v) is 5.44. The SMILES string of the molecule is Cc1ccc2[nH]c(=O)cc(C(=O)N3CCNC[C@@H]3C(=O)N3CCCC3)c2c1. The molecular weight excluding hydrogens is 344 g/mol. The number of hydrogen-bond acceptors (Lipinski definition) is 4. The summed E-state index contributed by atoms with van der Waals surface area (Å²) in [5.74, 6) is -0.255. The molecule has 2 aliphatic rings. The highest BCUT2D eigenvalue weighted by molar-refractivity contribution is 6.07. The fraction of sp³-hybridized carbons (Fsp3) is 0.450. The maximum absolute atomic E-state index is 13.4. The number of aromatic amines is 1. The van der Waals surface area contributed by atoms with Crippen LogP contribution in [0.2, 0.25) is 0 Å². The number of piperazine rings is 1. The number of fused-ring (bicyclic) bond motifs is 1. The summed E-state index contributed by atoms with van der Waals surface area (Å²) in [6.07, 6.45) is 2.02. The van der Waals surface area contributed by atoms with Gasteiger partial charge in [-0.25, -0.2) is 0 Å². The number of H-pyrrole nitrogens is 1. The van der Waals surface area contributed by atoms with E-state index in [1.54, 1.807) is 4.90 Å². The van der Waals surface area contributed by atoms with E-state index in [-0.39, 0.29) is 17.4 Å². The predicted octanol–water partition coefficient (Wildman–Crippen LogP) is 0.873. The van der Waals surface area contributed by atoms with E-state index in [4.69, 9.17) is 0 Å². The molecule has 0 bridgehead atoms. The smallest absolute Gasteiger partial charge is 0.255 e. The summed E-state index contributed by atoms with van der Waals surface area (Å²) in [5, 5.41) is 3.94. The van der Waals surface area contributed by atoms with Crippen molar-refractivity contribution in [1.29, 1.82) is 0 Å². The van der Waals surface area contributed by atoms with Crippen molar-refractivity contribution in [2.24, 2.45) is 0 Å². The van der Waals surface area contributed by atoms with Gasteiger partial charge in [-0.1, -0.05) is 11.6 Å². The van der Waals surface area contributed by atoms with Crippen molar-refractivity contribution in [2.75, 3.05) is 32.7 Å². The fourth-order valence-electron chi connectivity index (χ4n) is 4.02. The minimum Gasteiger partial charge on any atom is -0.341 e. The Labute approximate surface area is 157 Å². The second kappa shape index (κ2) is 7.15. The van der Waals surface area contributed by atoms with Crippen molar-refractivity contribution in [3.63, 3.8) is 0 Å². The number of carbonyl (C=O) groups is 2. The molecule has 1 aromatic heterocycles. The maximum atomic E-state index is 13.4. The van der Waals surface area contributed by atoms with Gasteiger partial charge in [0.1, 0.15) is 6.04 Å². The second-order valence-corrected chi connectivity index (χ2v) is 7.35. The van der Waals surface area contributed by atoms with Gasteiger partial charge in [0, 0.05) is 49.7 Å². The van der Waals surface area contributed by atoms with Crippen LogP contribution in [0.25, 0.3) is 10.9 Å². The number of carbonyl (C=O) groups excluding carboxylic acids is 2. The maximum Gasteiger partial charge on any atom is 0.255 e. The topological polar surface area (TPSA) is 85.5 Å². The highest BCUT2D eigenvalue weighted by Crippen LogP contribution is 2.21. The van der Waals surface area contributed by atoms with Crippen molar-refractivity contribution in [3.8, 4) is 0 Å². The van der Waals surface area contributed by atoms with Gasteiger partial charge in [-0.05, 0) is 31.9 Å². The molecule has 7 heteroatoms. The van der Waals surface area contributed by atoms with E-state index in [1.807, 2.05) is 30.0 Å². The first-order valence-corrected chi connectivity index (χ1v) is 9.49. The minimum atomic E-state index is -0.525. The third kappa shape index (κ3) is 3.35. The number of pyridine rings is 1. The van der Waals surface area contributed by atoms with Gasteiger partial charge in [-0.2, -0.15) is 0 Å². The van der Waals surface area contributed by atoms with Crippen molar-refractivity contribution in [1.82, 2.24) is 20.1 Å². The highest BCUT2D eigenvalue weighted by atomic mass is 16.2. The summed E-state index contributed by atoms with van der Waals surface area (Å²) in [6, 6.07) is 6.44. The molecule has 2 fully saturated rings. The number of aromatic nitrogens is 1. The Morgan fingerprint density at radius 1 is 1.11 bits per heavy atom. The number of rotatable bonds is 2. The average Bonchev–Trinajstić information content (AvgIpc) is 3.21. The Morgan fingerprint density at radius 3 is 2.67 bits per heavy atom. The lowest BCUT2D eigenvalue weighted by Crippen LogP contribution is -2.60. The van der Waals surface area contributed by atoms with E-state index in [2.05, 4.69) is 10.3 Å². The Hall–Kier alpha value is -2.67. The zero-order valence-corrected chi connectivity index (χ0v) is 15.5. The zero-order chi connectivity index (χ0) is 19.0. The van der Waals surface area contributed by atoms with Crippen LogP contribution in [0.3, 0.4) is 0 Å². The monoisotopic (exact) mass is 368 g/mol. The highest BCUT2D eigenvalue weighted by Gasteiger charge is 2.36. The molecule has 0 saturated carbocycles. The molecular formula is C20H24N4O3. The van der Waals surface area contributed by atoms with E-state index in [9.17, 15) is 14.4 Å². The van der Waals surface area contributed by atoms with E-state index in [0.717, 1.165) is 31.5 Å². The normalized spacial score (nSPS) is 20.3. The summed E-state index contributed by atoms with van der Waals surface area (Å²) in [4.78, 5) is 44.7. The molecule has 3 heterocycles. The number of amides is 2. The third-order valence-electron chi connectivity index (χ3n) is 5.44. The summed E-state index contributed by atoms with van der Waals surface area (Å²) >= 11 is 0. The van der Waals surface area contributed by atoms with Gasteiger partial charge in [0.2, 0.25) is 11.5 Å². The molecule has 2 saturated heterocycles. The summed E-state index contributed by atoms with van der Waals surface area (Å²) < 4.78 is 0. The van der Waals surface area contributed by atoms with Gasteiger partial charge in [0.25, 0.3) is 5.91 Å². The summed E-state index contributed by atoms with van der Waals surface area (Å²) in [7, 11) is 0. The minimum absolute atomic E-state index is 0.00150. The Balaban J connectivity index is 1.72. The van der Waals surface area contributed by atoms with Crippen LogP contribution in [0.5, 0.6) is 0 Å². The first-order chi connectivity index (χ1) is 13.0. The molecule has 142 valence electrons. The second-order valence-electron chi connectivity index (χ2n) is 7.35. The summed E-state index contributed by atoms with van der Waals surface area (Å²) in [6.45, 7) is 4.98. The number of aryl methyl sites for hydroxylation is 1. The molecule has 2 amide bonds. The molecule has 1 aromatic carbocycles. The fourth-order valence-corrected chi connectivity index (χ4v) is 4.02. The van der Waals surface area contributed by atoms with Crippen LogP contribution in [-0.2, 0) is 4.79 Å². The van der Waals surface area contributed by atoms with Crippen LogP contribution in [0, 0.1) is 6.92 Å².